The van der Waals surface area contributed by atoms with Crippen LogP contribution in [0.1, 0.15) is 34.7 Å². The zero-order chi connectivity index (χ0) is 20.3. The van der Waals surface area contributed by atoms with E-state index in [0.29, 0.717) is 13.1 Å². The maximum absolute atomic E-state index is 12.6. The van der Waals surface area contributed by atoms with E-state index in [2.05, 4.69) is 10.2 Å². The fraction of sp³-hybridized carbons (Fsp3) is 0.381. The van der Waals surface area contributed by atoms with E-state index in [1.165, 1.54) is 12.1 Å². The Morgan fingerprint density at radius 3 is 2.30 bits per heavy atom. The van der Waals surface area contributed by atoms with Crippen LogP contribution >= 0.6 is 24.8 Å². The van der Waals surface area contributed by atoms with Crippen molar-refractivity contribution in [2.45, 2.75) is 38.1 Å². The largest absolute Gasteiger partial charge is 0.416 e. The number of aryl methyl sites for hydroxylation is 1. The summed E-state index contributed by atoms with van der Waals surface area (Å²) < 4.78 is 37.9. The van der Waals surface area contributed by atoms with E-state index in [1.54, 1.807) is 0 Å². The van der Waals surface area contributed by atoms with Crippen molar-refractivity contribution in [3.8, 4) is 0 Å². The van der Waals surface area contributed by atoms with Crippen LogP contribution in [-0.2, 0) is 17.5 Å². The van der Waals surface area contributed by atoms with Crippen molar-refractivity contribution in [1.82, 2.24) is 10.2 Å². The molecule has 2 aromatic rings. The summed E-state index contributed by atoms with van der Waals surface area (Å²) in [6.07, 6.45) is -3.54. The Bertz CT molecular complexity index is 814. The van der Waals surface area contributed by atoms with Crippen molar-refractivity contribution in [2.75, 3.05) is 13.1 Å². The van der Waals surface area contributed by atoms with E-state index < -0.39 is 17.8 Å². The molecule has 1 fully saturated rings. The number of rotatable bonds is 5. The van der Waals surface area contributed by atoms with Gasteiger partial charge in [-0.3, -0.25) is 9.69 Å². The molecule has 2 atom stereocenters. The predicted octanol–water partition coefficient (Wildman–Crippen LogP) is 4.25. The van der Waals surface area contributed by atoms with Gasteiger partial charge in [-0.05, 0) is 36.6 Å². The molecule has 0 bridgehead atoms. The molecule has 1 heterocycles. The van der Waals surface area contributed by atoms with Crippen molar-refractivity contribution in [2.24, 2.45) is 5.73 Å². The molecule has 2 unspecified atom stereocenters. The van der Waals surface area contributed by atoms with Gasteiger partial charge in [0.2, 0.25) is 5.91 Å². The molecule has 1 aliphatic rings. The van der Waals surface area contributed by atoms with Crippen LogP contribution in [0, 0.1) is 6.92 Å². The SMILES string of the molecule is Cc1ccc(C(N)C(=O)NC2CCN(Cc3ccc(C(F)(F)F)cc3)C2)cc1.Cl.Cl. The third-order valence-electron chi connectivity index (χ3n) is 5.03. The summed E-state index contributed by atoms with van der Waals surface area (Å²) in [6.45, 7) is 3.94. The molecule has 3 N–H and O–H groups in total. The van der Waals surface area contributed by atoms with Gasteiger partial charge in [0.1, 0.15) is 6.04 Å². The average Bonchev–Trinajstić information content (AvgIpc) is 3.08. The summed E-state index contributed by atoms with van der Waals surface area (Å²) in [5.74, 6) is -0.217. The molecule has 30 heavy (non-hydrogen) atoms. The number of halogens is 5. The van der Waals surface area contributed by atoms with Crippen LogP contribution in [0.15, 0.2) is 48.5 Å². The first-order valence-corrected chi connectivity index (χ1v) is 9.23. The highest BCUT2D eigenvalue weighted by atomic mass is 35.5. The van der Waals surface area contributed by atoms with Crippen LogP contribution in [0.5, 0.6) is 0 Å². The second kappa shape index (κ2) is 11.0. The summed E-state index contributed by atoms with van der Waals surface area (Å²) in [5, 5.41) is 2.98. The number of carbonyl (C=O) groups is 1. The molecule has 0 radical (unpaired) electrons. The summed E-state index contributed by atoms with van der Waals surface area (Å²) in [4.78, 5) is 14.5. The Hall–Kier alpha value is -1.80. The first-order valence-electron chi connectivity index (χ1n) is 9.23. The molecule has 0 aliphatic carbocycles. The van der Waals surface area contributed by atoms with Gasteiger partial charge < -0.3 is 11.1 Å². The Labute approximate surface area is 186 Å². The quantitative estimate of drug-likeness (QED) is 0.696. The van der Waals surface area contributed by atoms with E-state index in [-0.39, 0.29) is 36.8 Å². The molecule has 4 nitrogen and oxygen atoms in total. The molecule has 0 aromatic heterocycles. The molecule has 3 rings (SSSR count). The van der Waals surface area contributed by atoms with Gasteiger partial charge in [0, 0.05) is 25.7 Å². The van der Waals surface area contributed by atoms with Gasteiger partial charge in [0.05, 0.1) is 5.56 Å². The maximum atomic E-state index is 12.6. The standard InChI is InChI=1S/C21H24F3N3O.2ClH/c1-14-2-6-16(7-3-14)19(25)20(28)26-18-10-11-27(13-18)12-15-4-8-17(9-5-15)21(22,23)24;;/h2-9,18-19H,10-13,25H2,1H3,(H,26,28);2*1H. The van der Waals surface area contributed by atoms with Crippen LogP contribution in [0.3, 0.4) is 0 Å². The number of likely N-dealkylation sites (tertiary alicyclic amines) is 1. The van der Waals surface area contributed by atoms with Gasteiger partial charge in [0.15, 0.2) is 0 Å². The second-order valence-corrected chi connectivity index (χ2v) is 7.31. The molecular formula is C21H26Cl2F3N3O. The number of alkyl halides is 3. The lowest BCUT2D eigenvalue weighted by atomic mass is 10.0. The molecule has 166 valence electrons. The Kier molecular flexibility index (Phi) is 9.62. The molecule has 0 spiro atoms. The number of carbonyl (C=O) groups excluding carboxylic acids is 1. The monoisotopic (exact) mass is 463 g/mol. The number of amides is 1. The van der Waals surface area contributed by atoms with Gasteiger partial charge in [0.25, 0.3) is 0 Å². The Morgan fingerprint density at radius 2 is 1.73 bits per heavy atom. The van der Waals surface area contributed by atoms with Gasteiger partial charge in [-0.25, -0.2) is 0 Å². The van der Waals surface area contributed by atoms with Crippen LogP contribution in [0.25, 0.3) is 0 Å². The second-order valence-electron chi connectivity index (χ2n) is 7.31. The van der Waals surface area contributed by atoms with Crippen molar-refractivity contribution in [1.29, 1.82) is 0 Å². The van der Waals surface area contributed by atoms with E-state index in [0.717, 1.165) is 41.8 Å². The van der Waals surface area contributed by atoms with Gasteiger partial charge in [-0.15, -0.1) is 24.8 Å². The zero-order valence-corrected chi connectivity index (χ0v) is 18.1. The van der Waals surface area contributed by atoms with E-state index in [4.69, 9.17) is 5.73 Å². The van der Waals surface area contributed by atoms with Gasteiger partial charge in [-0.1, -0.05) is 42.0 Å². The summed E-state index contributed by atoms with van der Waals surface area (Å²) in [6, 6.07) is 12.0. The summed E-state index contributed by atoms with van der Waals surface area (Å²) >= 11 is 0. The normalized spacial score (nSPS) is 17.6. The highest BCUT2D eigenvalue weighted by Gasteiger charge is 2.30. The fourth-order valence-electron chi connectivity index (χ4n) is 3.37. The third kappa shape index (κ3) is 6.87. The van der Waals surface area contributed by atoms with Crippen molar-refractivity contribution in [3.63, 3.8) is 0 Å². The van der Waals surface area contributed by atoms with Gasteiger partial charge in [-0.2, -0.15) is 13.2 Å². The van der Waals surface area contributed by atoms with Crippen LogP contribution in [0.2, 0.25) is 0 Å². The van der Waals surface area contributed by atoms with E-state index in [9.17, 15) is 18.0 Å². The molecular weight excluding hydrogens is 438 g/mol. The topological polar surface area (TPSA) is 58.4 Å². The number of nitrogens with one attached hydrogen (secondary N) is 1. The molecule has 1 saturated heterocycles. The Balaban J connectivity index is 0.00000225. The first-order chi connectivity index (χ1) is 13.2. The molecule has 2 aromatic carbocycles. The Morgan fingerprint density at radius 1 is 1.13 bits per heavy atom. The lowest BCUT2D eigenvalue weighted by molar-refractivity contribution is -0.137. The maximum Gasteiger partial charge on any atom is 0.416 e. The van der Waals surface area contributed by atoms with Crippen LogP contribution in [-0.4, -0.2) is 29.9 Å². The predicted molar refractivity (Wildman–Crippen MR) is 116 cm³/mol. The number of benzene rings is 2. The number of hydrogen-bond acceptors (Lipinski definition) is 3. The average molecular weight is 464 g/mol. The summed E-state index contributed by atoms with van der Waals surface area (Å²) in [5.41, 5.74) is 8.10. The highest BCUT2D eigenvalue weighted by molar-refractivity contribution is 5.85. The number of hydrogen-bond donors (Lipinski definition) is 2. The van der Waals surface area contributed by atoms with Crippen molar-refractivity contribution in [3.05, 3.63) is 70.8 Å². The zero-order valence-electron chi connectivity index (χ0n) is 16.5. The molecule has 1 aliphatic heterocycles. The number of nitrogens with zero attached hydrogens (tertiary/aromatic N) is 1. The lowest BCUT2D eigenvalue weighted by Gasteiger charge is -2.19. The molecule has 0 saturated carbocycles. The number of nitrogens with two attached hydrogens (primary N) is 1. The van der Waals surface area contributed by atoms with Crippen LogP contribution < -0.4 is 11.1 Å². The lowest BCUT2D eigenvalue weighted by Crippen LogP contribution is -2.42. The van der Waals surface area contributed by atoms with E-state index >= 15 is 0 Å². The van der Waals surface area contributed by atoms with E-state index in [1.807, 2.05) is 31.2 Å². The minimum atomic E-state index is -4.32. The summed E-state index contributed by atoms with van der Waals surface area (Å²) in [7, 11) is 0. The fourth-order valence-corrected chi connectivity index (χ4v) is 3.37. The highest BCUT2D eigenvalue weighted by Crippen LogP contribution is 2.29. The van der Waals surface area contributed by atoms with Gasteiger partial charge >= 0.3 is 6.18 Å². The van der Waals surface area contributed by atoms with Crippen molar-refractivity contribution < 1.29 is 18.0 Å². The molecule has 9 heteroatoms. The smallest absolute Gasteiger partial charge is 0.350 e. The minimum absolute atomic E-state index is 0. The minimum Gasteiger partial charge on any atom is -0.350 e. The third-order valence-corrected chi connectivity index (χ3v) is 5.03. The first kappa shape index (κ1) is 26.2. The van der Waals surface area contributed by atoms with Crippen LogP contribution in [0.4, 0.5) is 13.2 Å². The van der Waals surface area contributed by atoms with Crippen molar-refractivity contribution >= 4 is 30.7 Å². The molecule has 1 amide bonds.